The molecule has 5 nitrogen and oxygen atoms in total. The summed E-state index contributed by atoms with van der Waals surface area (Å²) in [5, 5.41) is 7.63. The van der Waals surface area contributed by atoms with E-state index in [2.05, 4.69) is 11.3 Å². The van der Waals surface area contributed by atoms with Crippen molar-refractivity contribution in [1.82, 2.24) is 0 Å². The van der Waals surface area contributed by atoms with Crippen molar-refractivity contribution in [1.29, 1.82) is 5.26 Å². The molecule has 0 spiro atoms. The van der Waals surface area contributed by atoms with Gasteiger partial charge in [-0.2, -0.15) is 8.42 Å². The number of carbonyl (C=O) groups is 1. The van der Waals surface area contributed by atoms with Crippen LogP contribution in [-0.2, 0) is 21.1 Å². The van der Waals surface area contributed by atoms with E-state index in [4.69, 9.17) is 13.7 Å². The second-order valence-corrected chi connectivity index (χ2v) is 0.921. The van der Waals surface area contributed by atoms with Crippen LogP contribution in [0.5, 0.6) is 0 Å². The molecule has 0 N–H and O–H groups in total. The van der Waals surface area contributed by atoms with Crippen molar-refractivity contribution in [2.45, 2.75) is 0 Å². The third-order valence-corrected chi connectivity index (χ3v) is 0.313. The molecule has 0 aliphatic rings. The van der Waals surface area contributed by atoms with Gasteiger partial charge in [-0.1, -0.05) is 6.58 Å². The van der Waals surface area contributed by atoms with E-state index in [0.29, 0.717) is 0 Å². The average Bonchev–Trinajstić information content (AvgIpc) is 1.90. The minimum absolute atomic E-state index is 0.720. The van der Waals surface area contributed by atoms with E-state index in [0.717, 1.165) is 6.08 Å². The lowest BCUT2D eigenvalue weighted by Gasteiger charge is -1.77. The molecule has 0 aliphatic heterocycles. The van der Waals surface area contributed by atoms with Gasteiger partial charge in [-0.25, -0.2) is 4.79 Å². The molecule has 0 atom stereocenters. The fourth-order valence-corrected chi connectivity index (χ4v) is 0.0867. The fourth-order valence-electron chi connectivity index (χ4n) is 0.0867. The predicted octanol–water partition coefficient (Wildman–Crippen LogP) is -0.474. The van der Waals surface area contributed by atoms with E-state index in [9.17, 15) is 4.79 Å². The average molecular weight is 161 g/mol. The first-order chi connectivity index (χ1) is 4.72. The zero-order valence-electron chi connectivity index (χ0n) is 4.77. The summed E-state index contributed by atoms with van der Waals surface area (Å²) >= 11 is -0.750. The first-order valence-corrected chi connectivity index (χ1v) is 2.53. The molecule has 0 fully saturated rings. The summed E-state index contributed by atoms with van der Waals surface area (Å²) in [4.78, 5) is 9.85. The quantitative estimate of drug-likeness (QED) is 0.295. The molecule has 0 aromatic heterocycles. The first-order valence-electron chi connectivity index (χ1n) is 1.87. The lowest BCUT2D eigenvalue weighted by Crippen LogP contribution is -1.91. The van der Waals surface area contributed by atoms with Gasteiger partial charge in [0.1, 0.15) is 0 Å². The highest BCUT2D eigenvalue weighted by Crippen LogP contribution is 1.71. The third kappa shape index (κ3) is 16.0. The summed E-state index contributed by atoms with van der Waals surface area (Å²) in [7, 11) is 0. The van der Waals surface area contributed by atoms with E-state index in [1.165, 1.54) is 6.26 Å². The van der Waals surface area contributed by atoms with E-state index in [1.54, 1.807) is 0 Å². The zero-order chi connectivity index (χ0) is 8.41. The highest BCUT2D eigenvalue weighted by molar-refractivity contribution is 7.51. The lowest BCUT2D eigenvalue weighted by molar-refractivity contribution is -0.131. The summed E-state index contributed by atoms with van der Waals surface area (Å²) in [6.07, 6.45) is 2.12. The maximum Gasteiger partial charge on any atom is 0.345 e. The van der Waals surface area contributed by atoms with Gasteiger partial charge in [0.25, 0.3) is 6.26 Å². The summed E-state index contributed by atoms with van der Waals surface area (Å²) in [5.74, 6) is -0.720. The van der Waals surface area contributed by atoms with Gasteiger partial charge in [0.2, 0.25) is 0 Å². The number of nitriles is 1. The number of hydrogen-bond donors (Lipinski definition) is 0. The number of rotatable bonds is 1. The van der Waals surface area contributed by atoms with Crippen LogP contribution in [0.15, 0.2) is 12.7 Å². The van der Waals surface area contributed by atoms with Crippen molar-refractivity contribution in [3.63, 3.8) is 0 Å². The largest absolute Gasteiger partial charge is 0.347 e. The molecule has 0 aromatic rings. The fraction of sp³-hybridized carbons (Fsp3) is 0. The topological polar surface area (TPSA) is 84.2 Å². The predicted molar refractivity (Wildman–Crippen MR) is 30.8 cm³/mol. The number of nitrogens with zero attached hydrogens (tertiary/aromatic N) is 1. The van der Waals surface area contributed by atoms with Crippen LogP contribution >= 0.6 is 0 Å². The summed E-state index contributed by atoms with van der Waals surface area (Å²) in [6.45, 7) is 3.05. The molecule has 54 valence electrons. The maximum atomic E-state index is 9.85. The van der Waals surface area contributed by atoms with Gasteiger partial charge in [0, 0.05) is 6.08 Å². The Bertz CT molecular complexity index is 188. The number of carbonyl (C=O) groups excluding carboxylic acids is 1. The lowest BCUT2D eigenvalue weighted by atomic mass is 10.7. The van der Waals surface area contributed by atoms with Gasteiger partial charge in [0.15, 0.2) is 0 Å². The third-order valence-electron chi connectivity index (χ3n) is 0.313. The van der Waals surface area contributed by atoms with Crippen LogP contribution in [0.25, 0.3) is 0 Å². The van der Waals surface area contributed by atoms with Crippen LogP contribution in [0, 0.1) is 11.5 Å². The normalized spacial score (nSPS) is 5.50. The molecule has 0 aliphatic carbocycles. The monoisotopic (exact) mass is 161 g/mol. The molecule has 10 heavy (non-hydrogen) atoms. The molecule has 0 heterocycles. The maximum absolute atomic E-state index is 9.85. The van der Waals surface area contributed by atoms with Crippen molar-refractivity contribution in [3.8, 4) is 6.26 Å². The van der Waals surface area contributed by atoms with Gasteiger partial charge in [-0.15, -0.1) is 5.26 Å². The Balaban J connectivity index is 0. The van der Waals surface area contributed by atoms with Gasteiger partial charge in [-0.3, -0.25) is 0 Å². The molecule has 6 heteroatoms. The van der Waals surface area contributed by atoms with Crippen LogP contribution in [0.2, 0.25) is 0 Å². The minimum Gasteiger partial charge on any atom is -0.347 e. The van der Waals surface area contributed by atoms with Crippen molar-refractivity contribution < 1.29 is 17.9 Å². The van der Waals surface area contributed by atoms with Crippen LogP contribution in [0.3, 0.4) is 0 Å². The standard InChI is InChI=1S/C4H3NO2.O2S/c1-2-4(6)7-3-5;1-3-2/h2H,1H2;. The van der Waals surface area contributed by atoms with Gasteiger partial charge in [0.05, 0.1) is 0 Å². The summed E-state index contributed by atoms with van der Waals surface area (Å²) < 4.78 is 20.3. The van der Waals surface area contributed by atoms with Crippen molar-refractivity contribution in [2.75, 3.05) is 0 Å². The molecule has 0 rings (SSSR count). The molecular formula is C4H3NO4S. The molecule has 0 bridgehead atoms. The minimum atomic E-state index is -0.750. The molecular weight excluding hydrogens is 158 g/mol. The smallest absolute Gasteiger partial charge is 0.345 e. The van der Waals surface area contributed by atoms with Crippen LogP contribution in [-0.4, -0.2) is 14.4 Å². The highest BCUT2D eigenvalue weighted by Gasteiger charge is 1.87. The second kappa shape index (κ2) is 10.5. The second-order valence-electron chi connectivity index (χ2n) is 0.785. The summed E-state index contributed by atoms with van der Waals surface area (Å²) in [6, 6.07) is 0. The van der Waals surface area contributed by atoms with Crippen LogP contribution < -0.4 is 0 Å². The molecule has 0 amide bonds. The van der Waals surface area contributed by atoms with Crippen LogP contribution in [0.4, 0.5) is 0 Å². The Morgan fingerprint density at radius 1 is 1.70 bits per heavy atom. The van der Waals surface area contributed by atoms with Gasteiger partial charge < -0.3 is 4.74 Å². The number of esters is 1. The zero-order valence-corrected chi connectivity index (χ0v) is 5.59. The van der Waals surface area contributed by atoms with E-state index >= 15 is 0 Å². The number of ether oxygens (including phenoxy) is 1. The molecule has 0 saturated carbocycles. The molecule has 0 radical (unpaired) electrons. The van der Waals surface area contributed by atoms with Crippen molar-refractivity contribution in [2.24, 2.45) is 0 Å². The number of hydrogen-bond acceptors (Lipinski definition) is 5. The SMILES string of the molecule is C=CC(=O)OC#N.O=S=O. The van der Waals surface area contributed by atoms with E-state index < -0.39 is 17.5 Å². The molecule has 0 aromatic carbocycles. The van der Waals surface area contributed by atoms with Crippen LogP contribution in [0.1, 0.15) is 0 Å². The Morgan fingerprint density at radius 3 is 2.20 bits per heavy atom. The van der Waals surface area contributed by atoms with Crippen molar-refractivity contribution >= 4 is 17.5 Å². The van der Waals surface area contributed by atoms with E-state index in [1.807, 2.05) is 0 Å². The Labute approximate surface area is 60.5 Å². The Hall–Kier alpha value is -1.48. The highest BCUT2D eigenvalue weighted by atomic mass is 32.1. The van der Waals surface area contributed by atoms with Crippen molar-refractivity contribution in [3.05, 3.63) is 12.7 Å². The summed E-state index contributed by atoms with van der Waals surface area (Å²) in [5.41, 5.74) is 0. The van der Waals surface area contributed by atoms with Gasteiger partial charge >= 0.3 is 17.5 Å². The van der Waals surface area contributed by atoms with E-state index in [-0.39, 0.29) is 0 Å². The van der Waals surface area contributed by atoms with Gasteiger partial charge in [-0.05, 0) is 0 Å². The molecule has 0 saturated heterocycles. The molecule has 0 unspecified atom stereocenters. The Morgan fingerprint density at radius 2 is 2.10 bits per heavy atom. The Kier molecular flexibility index (Phi) is 11.9. The first kappa shape index (κ1) is 11.3.